The first-order valence-corrected chi connectivity index (χ1v) is 14.3. The van der Waals surface area contributed by atoms with Gasteiger partial charge in [-0.1, -0.05) is 85.7 Å². The van der Waals surface area contributed by atoms with E-state index in [-0.39, 0.29) is 0 Å². The van der Waals surface area contributed by atoms with Gasteiger partial charge in [0.2, 0.25) is 0 Å². The number of allylic oxidation sites excluding steroid dienone is 10. The highest BCUT2D eigenvalue weighted by Gasteiger charge is 2.16. The van der Waals surface area contributed by atoms with E-state index in [4.69, 9.17) is 0 Å². The van der Waals surface area contributed by atoms with Gasteiger partial charge in [-0.2, -0.15) is 0 Å². The van der Waals surface area contributed by atoms with E-state index >= 15 is 0 Å². The molecule has 0 aliphatic heterocycles. The van der Waals surface area contributed by atoms with Crippen molar-refractivity contribution in [3.05, 3.63) is 156 Å². The molecule has 3 aromatic carbocycles. The smallest absolute Gasteiger partial charge is 0.0463 e. The molecule has 0 aliphatic carbocycles. The lowest BCUT2D eigenvalue weighted by molar-refractivity contribution is 1.18. The van der Waals surface area contributed by atoms with Crippen LogP contribution in [-0.4, -0.2) is 0 Å². The standard InChI is InChI=1S/C36H40N2.C2H6/c1-7-11-15-31(13-9-3)37(33-21-17-29(5)18-22-33)35-25-27-36(28-26-35)38(32(14-10-4)16-12-8-2)34-23-19-30(6)20-24-34;1-2/h7-28H,1-6H3;1-2H3/b11-7-,12-8-,13-9-,14-10-,31-15+,32-16+;. The Morgan fingerprint density at radius 2 is 0.725 bits per heavy atom. The second-order valence-corrected chi connectivity index (χ2v) is 9.09. The number of benzene rings is 3. The summed E-state index contributed by atoms with van der Waals surface area (Å²) in [6.45, 7) is 16.4. The van der Waals surface area contributed by atoms with E-state index in [1.54, 1.807) is 0 Å². The summed E-state index contributed by atoms with van der Waals surface area (Å²) in [4.78, 5) is 4.59. The van der Waals surface area contributed by atoms with Crippen LogP contribution in [0.2, 0.25) is 0 Å². The maximum Gasteiger partial charge on any atom is 0.0463 e. The fourth-order valence-corrected chi connectivity index (χ4v) is 4.17. The van der Waals surface area contributed by atoms with Crippen LogP contribution in [0.4, 0.5) is 22.7 Å². The summed E-state index contributed by atoms with van der Waals surface area (Å²) in [6.07, 6.45) is 21.0. The van der Waals surface area contributed by atoms with Crippen LogP contribution in [0.15, 0.2) is 145 Å². The Balaban J connectivity index is 0.00000274. The molecule has 208 valence electrons. The van der Waals surface area contributed by atoms with E-state index < -0.39 is 0 Å². The third kappa shape index (κ3) is 8.88. The average molecular weight is 531 g/mol. The quantitative estimate of drug-likeness (QED) is 0.240. The highest BCUT2D eigenvalue weighted by molar-refractivity contribution is 5.76. The summed E-state index contributed by atoms with van der Waals surface area (Å²) in [7, 11) is 0. The van der Waals surface area contributed by atoms with Gasteiger partial charge in [0.05, 0.1) is 0 Å². The molecule has 40 heavy (non-hydrogen) atoms. The van der Waals surface area contributed by atoms with E-state index in [0.717, 1.165) is 34.1 Å². The van der Waals surface area contributed by atoms with E-state index in [1.807, 2.05) is 27.7 Å². The fraction of sp³-hybridized carbons (Fsp3) is 0.211. The van der Waals surface area contributed by atoms with Crippen molar-refractivity contribution < 1.29 is 0 Å². The average Bonchev–Trinajstić information content (AvgIpc) is 2.98. The zero-order chi connectivity index (χ0) is 29.3. The van der Waals surface area contributed by atoms with Gasteiger partial charge in [-0.25, -0.2) is 0 Å². The van der Waals surface area contributed by atoms with Crippen LogP contribution in [0, 0.1) is 13.8 Å². The Labute approximate surface area is 243 Å². The van der Waals surface area contributed by atoms with Crippen molar-refractivity contribution >= 4 is 22.7 Å². The van der Waals surface area contributed by atoms with Crippen LogP contribution < -0.4 is 9.80 Å². The molecule has 0 bridgehead atoms. The number of aryl methyl sites for hydroxylation is 2. The number of hydrogen-bond donors (Lipinski definition) is 0. The van der Waals surface area contributed by atoms with Gasteiger partial charge in [0.15, 0.2) is 0 Å². The minimum absolute atomic E-state index is 1.10. The van der Waals surface area contributed by atoms with Gasteiger partial charge in [-0.15, -0.1) is 0 Å². The van der Waals surface area contributed by atoms with Crippen LogP contribution >= 0.6 is 0 Å². The summed E-state index contributed by atoms with van der Waals surface area (Å²) >= 11 is 0. The van der Waals surface area contributed by atoms with Gasteiger partial charge >= 0.3 is 0 Å². The highest BCUT2D eigenvalue weighted by atomic mass is 15.2. The number of nitrogens with zero attached hydrogens (tertiary/aromatic N) is 2. The maximum atomic E-state index is 2.29. The van der Waals surface area contributed by atoms with Crippen LogP contribution in [0.5, 0.6) is 0 Å². The molecular formula is C38H46N2. The van der Waals surface area contributed by atoms with Crippen molar-refractivity contribution in [2.24, 2.45) is 0 Å². The summed E-state index contributed by atoms with van der Waals surface area (Å²) in [5.74, 6) is 0. The molecule has 0 fully saturated rings. The van der Waals surface area contributed by atoms with Crippen molar-refractivity contribution in [3.8, 4) is 0 Å². The third-order valence-corrected chi connectivity index (χ3v) is 6.06. The molecule has 0 aromatic heterocycles. The second-order valence-electron chi connectivity index (χ2n) is 9.09. The number of rotatable bonds is 10. The van der Waals surface area contributed by atoms with Gasteiger partial charge in [0, 0.05) is 34.1 Å². The van der Waals surface area contributed by atoms with Crippen molar-refractivity contribution in [2.75, 3.05) is 9.80 Å². The molecule has 0 spiro atoms. The molecule has 0 saturated carbocycles. The monoisotopic (exact) mass is 530 g/mol. The lowest BCUT2D eigenvalue weighted by Gasteiger charge is -2.29. The van der Waals surface area contributed by atoms with Gasteiger partial charge in [-0.3, -0.25) is 0 Å². The van der Waals surface area contributed by atoms with Crippen LogP contribution in [0.3, 0.4) is 0 Å². The number of hydrogen-bond acceptors (Lipinski definition) is 2. The Morgan fingerprint density at radius 3 is 0.975 bits per heavy atom. The lowest BCUT2D eigenvalue weighted by Crippen LogP contribution is -2.17. The molecular weight excluding hydrogens is 484 g/mol. The molecule has 3 rings (SSSR count). The molecule has 0 radical (unpaired) electrons. The van der Waals surface area contributed by atoms with Crippen LogP contribution in [0.25, 0.3) is 0 Å². The summed E-state index contributed by atoms with van der Waals surface area (Å²) in [6, 6.07) is 26.2. The molecule has 2 heteroatoms. The highest BCUT2D eigenvalue weighted by Crippen LogP contribution is 2.36. The zero-order valence-corrected chi connectivity index (χ0v) is 25.6. The molecule has 0 saturated heterocycles. The van der Waals surface area contributed by atoms with Crippen LogP contribution in [0.1, 0.15) is 52.7 Å². The first-order valence-electron chi connectivity index (χ1n) is 14.3. The van der Waals surface area contributed by atoms with Crippen LogP contribution in [-0.2, 0) is 0 Å². The third-order valence-electron chi connectivity index (χ3n) is 6.06. The Hall–Kier alpha value is -4.30. The normalized spacial score (nSPS) is 12.4. The molecule has 0 atom stereocenters. The first kappa shape index (κ1) is 31.9. The van der Waals surface area contributed by atoms with Crippen molar-refractivity contribution in [3.63, 3.8) is 0 Å². The predicted molar refractivity (Wildman–Crippen MR) is 180 cm³/mol. The molecule has 2 nitrogen and oxygen atoms in total. The Morgan fingerprint density at radius 1 is 0.450 bits per heavy atom. The number of anilines is 4. The van der Waals surface area contributed by atoms with Gasteiger partial charge in [-0.05, 0) is 114 Å². The summed E-state index contributed by atoms with van der Waals surface area (Å²) in [5, 5.41) is 0. The molecule has 3 aromatic rings. The lowest BCUT2D eigenvalue weighted by atomic mass is 10.1. The SMILES string of the molecule is CC.C\C=C/C=C(\C=C/C)N(c1ccc(C)cc1)c1ccc(N(C(/C=C\C)=C/C=C\C)c2ccc(C)cc2)cc1. The van der Waals surface area contributed by atoms with Gasteiger partial charge in [0.1, 0.15) is 0 Å². The van der Waals surface area contributed by atoms with Crippen molar-refractivity contribution in [1.29, 1.82) is 0 Å². The van der Waals surface area contributed by atoms with Crippen molar-refractivity contribution in [1.82, 2.24) is 0 Å². The van der Waals surface area contributed by atoms with Gasteiger partial charge < -0.3 is 9.80 Å². The van der Waals surface area contributed by atoms with E-state index in [0.29, 0.717) is 0 Å². The summed E-state index contributed by atoms with van der Waals surface area (Å²) in [5.41, 5.74) is 9.12. The van der Waals surface area contributed by atoms with Gasteiger partial charge in [0.25, 0.3) is 0 Å². The van der Waals surface area contributed by atoms with E-state index in [9.17, 15) is 0 Å². The fourth-order valence-electron chi connectivity index (χ4n) is 4.17. The predicted octanol–water partition coefficient (Wildman–Crippen LogP) is 11.7. The first-order chi connectivity index (χ1) is 19.5. The Bertz CT molecular complexity index is 1220. The van der Waals surface area contributed by atoms with Crippen molar-refractivity contribution in [2.45, 2.75) is 55.4 Å². The maximum absolute atomic E-state index is 2.29. The molecule has 0 N–H and O–H groups in total. The molecule has 0 heterocycles. The topological polar surface area (TPSA) is 6.48 Å². The zero-order valence-electron chi connectivity index (χ0n) is 25.6. The van der Waals surface area contributed by atoms with E-state index in [2.05, 4.69) is 171 Å². The van der Waals surface area contributed by atoms with E-state index in [1.165, 1.54) is 11.1 Å². The largest absolute Gasteiger partial charge is 0.311 e. The minimum Gasteiger partial charge on any atom is -0.311 e. The molecule has 0 aliphatic rings. The second kappa shape index (κ2) is 17.3. The molecule has 0 unspecified atom stereocenters. The Kier molecular flexibility index (Phi) is 13.8. The minimum atomic E-state index is 1.10. The summed E-state index contributed by atoms with van der Waals surface area (Å²) < 4.78 is 0. The molecule has 0 amide bonds.